The number of carbonyl (C=O) groups is 2. The summed E-state index contributed by atoms with van der Waals surface area (Å²) in [4.78, 5) is 24.7. The van der Waals surface area contributed by atoms with Gasteiger partial charge in [0.2, 0.25) is 0 Å². The Morgan fingerprint density at radius 2 is 1.93 bits per heavy atom. The van der Waals surface area contributed by atoms with Gasteiger partial charge >= 0.3 is 11.9 Å². The molecule has 1 aliphatic heterocycles. The first-order valence-corrected chi connectivity index (χ1v) is 10.5. The molecule has 0 aromatic heterocycles. The number of β-amino-alcohol motifs (C(OH)–C–C–N with tert-alkyl or cyclic N) is 1. The van der Waals surface area contributed by atoms with Gasteiger partial charge in [0.15, 0.2) is 0 Å². The number of esters is 1. The molecule has 11 heteroatoms. The Hall–Kier alpha value is -1.73. The van der Waals surface area contributed by atoms with Crippen molar-refractivity contribution in [3.8, 4) is 0 Å². The van der Waals surface area contributed by atoms with Crippen molar-refractivity contribution >= 4 is 22.9 Å². The average Bonchev–Trinajstić information content (AvgIpc) is 2.83. The van der Waals surface area contributed by atoms with Crippen LogP contribution in [-0.4, -0.2) is 80.0 Å². The van der Waals surface area contributed by atoms with E-state index in [2.05, 4.69) is 4.72 Å². The molecule has 5 N–H and O–H groups in total. The van der Waals surface area contributed by atoms with E-state index in [-0.39, 0.29) is 26.2 Å². The van der Waals surface area contributed by atoms with Gasteiger partial charge < -0.3 is 14.9 Å². The largest absolute Gasteiger partial charge is 0.480 e. The summed E-state index contributed by atoms with van der Waals surface area (Å²) in [6, 6.07) is 6.55. The molecule has 0 spiro atoms. The molecule has 1 atom stereocenters. The molecule has 1 saturated heterocycles. The molecule has 0 radical (unpaired) electrons. The minimum Gasteiger partial charge on any atom is -0.480 e. The second kappa shape index (κ2) is 9.39. The number of carbonyl (C=O) groups excluding carboxylic acids is 1. The van der Waals surface area contributed by atoms with Crippen molar-refractivity contribution in [1.82, 2.24) is 13.9 Å². The van der Waals surface area contributed by atoms with Crippen molar-refractivity contribution in [2.45, 2.75) is 26.6 Å². The quantitative estimate of drug-likeness (QED) is 0.362. The summed E-state index contributed by atoms with van der Waals surface area (Å²) in [7, 11) is -1.51. The zero-order valence-electron chi connectivity index (χ0n) is 16.7. The highest BCUT2D eigenvalue weighted by molar-refractivity contribution is 8.20. The third-order valence-corrected chi connectivity index (χ3v) is 5.86. The van der Waals surface area contributed by atoms with Crippen LogP contribution in [0, 0.1) is 5.41 Å². The van der Waals surface area contributed by atoms with Crippen molar-refractivity contribution in [3.63, 3.8) is 0 Å². The Labute approximate surface area is 171 Å². The fraction of sp³-hybridized carbons (Fsp3) is 0.556. The normalized spacial score (nSPS) is 20.6. The van der Waals surface area contributed by atoms with Crippen LogP contribution in [0.2, 0.25) is 0 Å². The number of carboxylic acid groups (broad SMARTS) is 1. The summed E-state index contributed by atoms with van der Waals surface area (Å²) < 4.78 is 28.8. The lowest BCUT2D eigenvalue weighted by molar-refractivity contribution is -0.138. The van der Waals surface area contributed by atoms with Crippen LogP contribution in [0.4, 0.5) is 0 Å². The van der Waals surface area contributed by atoms with Crippen LogP contribution in [0.5, 0.6) is 0 Å². The van der Waals surface area contributed by atoms with Gasteiger partial charge in [-0.15, -0.1) is 0 Å². The van der Waals surface area contributed by atoms with Crippen molar-refractivity contribution in [1.29, 1.82) is 0 Å². The number of likely N-dealkylation sites (N-methyl/N-ethyl adjacent to an activating group) is 1. The Balaban J connectivity index is 1.88. The smallest absolute Gasteiger partial charge is 0.338 e. The van der Waals surface area contributed by atoms with E-state index in [4.69, 9.17) is 9.84 Å². The molecule has 1 aromatic carbocycles. The van der Waals surface area contributed by atoms with Crippen LogP contribution in [0.1, 0.15) is 29.8 Å². The summed E-state index contributed by atoms with van der Waals surface area (Å²) in [5.41, 5.74) is 0.681. The lowest BCUT2D eigenvalue weighted by Crippen LogP contribution is -2.37. The van der Waals surface area contributed by atoms with Crippen molar-refractivity contribution < 1.29 is 33.6 Å². The van der Waals surface area contributed by atoms with E-state index < -0.39 is 34.5 Å². The van der Waals surface area contributed by atoms with Gasteiger partial charge in [-0.1, -0.05) is 36.9 Å². The van der Waals surface area contributed by atoms with Gasteiger partial charge in [0, 0.05) is 18.5 Å². The van der Waals surface area contributed by atoms with E-state index in [0.29, 0.717) is 12.1 Å². The molecule has 0 bridgehead atoms. The van der Waals surface area contributed by atoms with Crippen LogP contribution in [-0.2, 0) is 16.1 Å². The van der Waals surface area contributed by atoms with Crippen molar-refractivity contribution in [3.05, 3.63) is 35.4 Å². The van der Waals surface area contributed by atoms with Gasteiger partial charge in [0.25, 0.3) is 0 Å². The van der Waals surface area contributed by atoms with Gasteiger partial charge in [-0.3, -0.25) is 18.8 Å². The van der Waals surface area contributed by atoms with Crippen LogP contribution in [0.25, 0.3) is 0 Å². The molecule has 1 aliphatic rings. The summed E-state index contributed by atoms with van der Waals surface area (Å²) in [6.07, 6.45) is -1.01. The lowest BCUT2D eigenvalue weighted by atomic mass is 9.94. The Morgan fingerprint density at radius 1 is 1.31 bits per heavy atom. The SMILES string of the molecule is CN(CC(=O)O)CC(C)(C)COC(=O)c1ccc(CN2CC(O)NS2(O)O)cc1. The van der Waals surface area contributed by atoms with Gasteiger partial charge in [-0.25, -0.2) is 4.79 Å². The molecule has 29 heavy (non-hydrogen) atoms. The minimum atomic E-state index is -3.20. The summed E-state index contributed by atoms with van der Waals surface area (Å²) in [5.74, 6) is -1.41. The maximum absolute atomic E-state index is 12.3. The predicted octanol–water partition coefficient (Wildman–Crippen LogP) is 1.19. The third-order valence-electron chi connectivity index (χ3n) is 4.28. The number of rotatable bonds is 9. The van der Waals surface area contributed by atoms with E-state index >= 15 is 0 Å². The zero-order chi connectivity index (χ0) is 21.8. The minimum absolute atomic E-state index is 0.0809. The van der Waals surface area contributed by atoms with Crippen LogP contribution >= 0.6 is 11.0 Å². The number of aliphatic hydroxyl groups is 1. The predicted molar refractivity (Wildman–Crippen MR) is 108 cm³/mol. The standard InChI is InChI=1S/C18H29N3O7S/c1-18(2,11-20(3)10-16(23)24)12-28-17(25)14-6-4-13(5-7-14)8-21-9-15(22)19-29(21,26)27/h4-7,15,19,22,26-27H,8-12H2,1-3H3,(H,23,24). The van der Waals surface area contributed by atoms with Gasteiger partial charge in [-0.2, -0.15) is 9.03 Å². The average molecular weight is 432 g/mol. The Kier molecular flexibility index (Phi) is 7.62. The summed E-state index contributed by atoms with van der Waals surface area (Å²) in [5, 5.41) is 18.3. The Morgan fingerprint density at radius 3 is 2.45 bits per heavy atom. The molecule has 1 aromatic rings. The highest BCUT2D eigenvalue weighted by Gasteiger charge is 2.34. The second-order valence-electron chi connectivity index (χ2n) is 7.98. The topological polar surface area (TPSA) is 143 Å². The zero-order valence-corrected chi connectivity index (χ0v) is 17.6. The molecule has 164 valence electrons. The van der Waals surface area contributed by atoms with E-state index in [1.165, 1.54) is 4.31 Å². The molecule has 0 aliphatic carbocycles. The number of aliphatic hydroxyl groups excluding tert-OH is 1. The molecule has 0 saturated carbocycles. The number of nitrogens with zero attached hydrogens (tertiary/aromatic N) is 2. The number of hydrogen-bond donors (Lipinski definition) is 5. The highest BCUT2D eigenvalue weighted by Crippen LogP contribution is 2.44. The molecule has 10 nitrogen and oxygen atoms in total. The molecule has 1 fully saturated rings. The summed E-state index contributed by atoms with van der Waals surface area (Å²) in [6.45, 7) is 4.55. The first-order valence-electron chi connectivity index (χ1n) is 9.03. The first kappa shape index (κ1) is 23.5. The van der Waals surface area contributed by atoms with E-state index in [1.54, 1.807) is 36.2 Å². The monoisotopic (exact) mass is 431 g/mol. The number of nitrogens with one attached hydrogen (secondary N) is 1. The van der Waals surface area contributed by atoms with Gasteiger partial charge in [0.05, 0.1) is 25.3 Å². The highest BCUT2D eigenvalue weighted by atomic mass is 32.3. The van der Waals surface area contributed by atoms with E-state index in [0.717, 1.165) is 5.56 Å². The fourth-order valence-corrected chi connectivity index (χ4v) is 4.37. The first-order chi connectivity index (χ1) is 13.4. The molecular formula is C18H29N3O7S. The van der Waals surface area contributed by atoms with E-state index in [9.17, 15) is 23.8 Å². The van der Waals surface area contributed by atoms with Crippen molar-refractivity contribution in [2.24, 2.45) is 5.41 Å². The molecule has 1 heterocycles. The van der Waals surface area contributed by atoms with Gasteiger partial charge in [-0.05, 0) is 24.7 Å². The molecule has 2 rings (SSSR count). The summed E-state index contributed by atoms with van der Waals surface area (Å²) >= 11 is 0. The van der Waals surface area contributed by atoms with Crippen LogP contribution in [0.15, 0.2) is 24.3 Å². The maximum Gasteiger partial charge on any atom is 0.338 e. The molecule has 0 amide bonds. The van der Waals surface area contributed by atoms with Crippen molar-refractivity contribution in [2.75, 3.05) is 33.3 Å². The third kappa shape index (κ3) is 7.23. The number of benzene rings is 1. The second-order valence-corrected chi connectivity index (χ2v) is 9.77. The Bertz CT molecular complexity index is 727. The number of ether oxygens (including phenoxy) is 1. The lowest BCUT2D eigenvalue weighted by Gasteiger charge is -2.35. The van der Waals surface area contributed by atoms with Crippen LogP contribution in [0.3, 0.4) is 0 Å². The van der Waals surface area contributed by atoms with Crippen LogP contribution < -0.4 is 4.72 Å². The fourth-order valence-electron chi connectivity index (χ4n) is 3.10. The number of aliphatic carboxylic acids is 1. The molecular weight excluding hydrogens is 402 g/mol. The molecule has 1 unspecified atom stereocenters. The maximum atomic E-state index is 12.3. The van der Waals surface area contributed by atoms with Gasteiger partial charge in [0.1, 0.15) is 6.23 Å². The number of hydrogen-bond acceptors (Lipinski definition) is 9. The van der Waals surface area contributed by atoms with E-state index in [1.807, 2.05) is 13.8 Å². The number of carboxylic acids is 1.